The highest BCUT2D eigenvalue weighted by atomic mass is 79.9. The second-order valence-corrected chi connectivity index (χ2v) is 3.56. The minimum Gasteiger partial charge on any atom is -0.506 e. The number of alkyl halides is 3. The third-order valence-electron chi connectivity index (χ3n) is 1.84. The number of carboxylic acid groups (broad SMARTS) is 1. The van der Waals surface area contributed by atoms with E-state index >= 15 is 0 Å². The largest absolute Gasteiger partial charge is 0.506 e. The van der Waals surface area contributed by atoms with Crippen LogP contribution in [0.1, 0.15) is 23.4 Å². The van der Waals surface area contributed by atoms with Gasteiger partial charge in [0.25, 0.3) is 6.43 Å². The first-order valence-electron chi connectivity index (χ1n) is 4.23. The van der Waals surface area contributed by atoms with Gasteiger partial charge in [-0.2, -0.15) is 0 Å². The Morgan fingerprint density at radius 2 is 2.19 bits per heavy atom. The zero-order valence-corrected chi connectivity index (χ0v) is 9.54. The Kier molecular flexibility index (Phi) is 4.17. The molecule has 0 atom stereocenters. The average molecular weight is 296 g/mol. The van der Waals surface area contributed by atoms with Gasteiger partial charge in [-0.05, 0) is 6.07 Å². The Bertz CT molecular complexity index is 412. The van der Waals surface area contributed by atoms with Crippen molar-refractivity contribution in [2.45, 2.75) is 18.2 Å². The molecule has 88 valence electrons. The summed E-state index contributed by atoms with van der Waals surface area (Å²) in [4.78, 5) is 14.2. The van der Waals surface area contributed by atoms with Gasteiger partial charge in [0.05, 0.1) is 23.4 Å². The zero-order valence-electron chi connectivity index (χ0n) is 7.95. The first-order valence-corrected chi connectivity index (χ1v) is 5.35. The highest BCUT2D eigenvalue weighted by Gasteiger charge is 2.19. The number of hydrogen-bond acceptors (Lipinski definition) is 3. The lowest BCUT2D eigenvalue weighted by Gasteiger charge is -2.09. The third-order valence-corrected chi connectivity index (χ3v) is 2.41. The molecular formula is C9H8BrF2NO3. The highest BCUT2D eigenvalue weighted by Crippen LogP contribution is 2.31. The molecule has 0 saturated carbocycles. The molecule has 0 spiro atoms. The van der Waals surface area contributed by atoms with Crippen LogP contribution in [0.4, 0.5) is 8.78 Å². The fourth-order valence-electron chi connectivity index (χ4n) is 1.17. The van der Waals surface area contributed by atoms with E-state index in [0.29, 0.717) is 0 Å². The molecule has 1 rings (SSSR count). The van der Waals surface area contributed by atoms with Crippen LogP contribution in [0.2, 0.25) is 0 Å². The van der Waals surface area contributed by atoms with Gasteiger partial charge in [-0.15, -0.1) is 0 Å². The summed E-state index contributed by atoms with van der Waals surface area (Å²) in [7, 11) is 0. The van der Waals surface area contributed by atoms with Crippen LogP contribution in [0, 0.1) is 0 Å². The molecule has 4 nitrogen and oxygen atoms in total. The number of carbonyl (C=O) groups is 1. The molecule has 0 bridgehead atoms. The highest BCUT2D eigenvalue weighted by molar-refractivity contribution is 9.08. The molecule has 0 aliphatic rings. The molecule has 1 aromatic heterocycles. The van der Waals surface area contributed by atoms with Gasteiger partial charge >= 0.3 is 5.97 Å². The number of aliphatic carboxylic acids is 1. The van der Waals surface area contributed by atoms with E-state index in [1.54, 1.807) is 0 Å². The van der Waals surface area contributed by atoms with Crippen LogP contribution in [-0.4, -0.2) is 21.2 Å². The standard InChI is InChI=1S/C9H8BrF2NO3/c10-3-4-1-5(9(11)12)8(16)6(13-4)2-7(14)15/h1,9,16H,2-3H2,(H,14,15). The van der Waals surface area contributed by atoms with Crippen molar-refractivity contribution in [3.8, 4) is 5.75 Å². The molecule has 0 radical (unpaired) electrons. The summed E-state index contributed by atoms with van der Waals surface area (Å²) in [6.07, 6.45) is -3.46. The number of nitrogens with zero attached hydrogens (tertiary/aromatic N) is 1. The van der Waals surface area contributed by atoms with Crippen LogP contribution in [0.25, 0.3) is 0 Å². The van der Waals surface area contributed by atoms with Gasteiger partial charge in [0.2, 0.25) is 0 Å². The number of aromatic nitrogens is 1. The van der Waals surface area contributed by atoms with Gasteiger partial charge in [0, 0.05) is 5.33 Å². The zero-order chi connectivity index (χ0) is 12.3. The molecule has 0 aliphatic carbocycles. The Morgan fingerprint density at radius 3 is 2.62 bits per heavy atom. The van der Waals surface area contributed by atoms with E-state index in [1.807, 2.05) is 0 Å². The molecule has 2 N–H and O–H groups in total. The number of pyridine rings is 1. The minimum absolute atomic E-state index is 0.208. The van der Waals surface area contributed by atoms with E-state index in [2.05, 4.69) is 20.9 Å². The van der Waals surface area contributed by atoms with Gasteiger partial charge in [0.1, 0.15) is 5.75 Å². The van der Waals surface area contributed by atoms with Gasteiger partial charge in [-0.3, -0.25) is 9.78 Å². The maximum absolute atomic E-state index is 12.5. The fraction of sp³-hybridized carbons (Fsp3) is 0.333. The molecule has 0 aliphatic heterocycles. The molecule has 0 aromatic carbocycles. The molecule has 0 unspecified atom stereocenters. The Balaban J connectivity index is 3.25. The second-order valence-electron chi connectivity index (χ2n) is 3.00. The maximum atomic E-state index is 12.5. The molecular weight excluding hydrogens is 288 g/mol. The molecule has 1 aromatic rings. The molecule has 7 heteroatoms. The topological polar surface area (TPSA) is 70.4 Å². The molecule has 1 heterocycles. The van der Waals surface area contributed by atoms with Crippen LogP contribution in [0.15, 0.2) is 6.07 Å². The van der Waals surface area contributed by atoms with Crippen molar-refractivity contribution >= 4 is 21.9 Å². The number of carboxylic acids is 1. The summed E-state index contributed by atoms with van der Waals surface area (Å²) in [6, 6.07) is 1.04. The normalized spacial score (nSPS) is 10.8. The molecule has 0 fully saturated rings. The summed E-state index contributed by atoms with van der Waals surface area (Å²) in [5.41, 5.74) is -0.593. The van der Waals surface area contributed by atoms with Crippen LogP contribution in [0.5, 0.6) is 5.75 Å². The van der Waals surface area contributed by atoms with E-state index in [9.17, 15) is 18.7 Å². The lowest BCUT2D eigenvalue weighted by Crippen LogP contribution is -2.06. The fourth-order valence-corrected chi connectivity index (χ4v) is 1.46. The average Bonchev–Trinajstić information content (AvgIpc) is 2.19. The first-order chi connectivity index (χ1) is 7.45. The Labute approximate surface area is 98.1 Å². The van der Waals surface area contributed by atoms with Crippen LogP contribution in [0.3, 0.4) is 0 Å². The molecule has 0 amide bonds. The SMILES string of the molecule is O=C(O)Cc1nc(CBr)cc(C(F)F)c1O. The van der Waals surface area contributed by atoms with E-state index in [1.165, 1.54) is 0 Å². The summed E-state index contributed by atoms with van der Waals surface area (Å²) in [5, 5.41) is 18.1. The quantitative estimate of drug-likeness (QED) is 0.836. The van der Waals surface area contributed by atoms with Crippen molar-refractivity contribution in [2.24, 2.45) is 0 Å². The van der Waals surface area contributed by atoms with E-state index in [4.69, 9.17) is 5.11 Å². The molecule has 0 saturated heterocycles. The van der Waals surface area contributed by atoms with Gasteiger partial charge in [0.15, 0.2) is 0 Å². The molecule has 16 heavy (non-hydrogen) atoms. The van der Waals surface area contributed by atoms with Crippen molar-refractivity contribution < 1.29 is 23.8 Å². The van der Waals surface area contributed by atoms with Gasteiger partial charge < -0.3 is 10.2 Å². The minimum atomic E-state index is -2.87. The number of aromatic hydroxyl groups is 1. The summed E-state index contributed by atoms with van der Waals surface area (Å²) in [6.45, 7) is 0. The van der Waals surface area contributed by atoms with Crippen molar-refractivity contribution in [3.05, 3.63) is 23.0 Å². The summed E-state index contributed by atoms with van der Waals surface area (Å²) < 4.78 is 25.0. The van der Waals surface area contributed by atoms with E-state index in [-0.39, 0.29) is 16.7 Å². The van der Waals surface area contributed by atoms with Crippen LogP contribution in [-0.2, 0) is 16.5 Å². The monoisotopic (exact) mass is 295 g/mol. The van der Waals surface area contributed by atoms with Crippen molar-refractivity contribution in [3.63, 3.8) is 0 Å². The Hall–Kier alpha value is -1.24. The van der Waals surface area contributed by atoms with Crippen LogP contribution < -0.4 is 0 Å². The predicted molar refractivity (Wildman–Crippen MR) is 54.8 cm³/mol. The van der Waals surface area contributed by atoms with Crippen molar-refractivity contribution in [1.82, 2.24) is 4.98 Å². The number of rotatable bonds is 4. The van der Waals surface area contributed by atoms with Crippen molar-refractivity contribution in [1.29, 1.82) is 0 Å². The van der Waals surface area contributed by atoms with Crippen LogP contribution >= 0.6 is 15.9 Å². The summed E-state index contributed by atoms with van der Waals surface area (Å²) >= 11 is 3.03. The second kappa shape index (κ2) is 5.20. The maximum Gasteiger partial charge on any atom is 0.309 e. The lowest BCUT2D eigenvalue weighted by molar-refractivity contribution is -0.136. The first kappa shape index (κ1) is 12.8. The Morgan fingerprint density at radius 1 is 1.56 bits per heavy atom. The van der Waals surface area contributed by atoms with Crippen molar-refractivity contribution in [2.75, 3.05) is 0 Å². The number of halogens is 3. The summed E-state index contributed by atoms with van der Waals surface area (Å²) in [5.74, 6) is -1.99. The van der Waals surface area contributed by atoms with E-state index < -0.39 is 30.1 Å². The smallest absolute Gasteiger partial charge is 0.309 e. The lowest BCUT2D eigenvalue weighted by atomic mass is 10.1. The third kappa shape index (κ3) is 2.88. The van der Waals surface area contributed by atoms with Gasteiger partial charge in [-0.1, -0.05) is 15.9 Å². The number of hydrogen-bond donors (Lipinski definition) is 2. The van der Waals surface area contributed by atoms with Gasteiger partial charge in [-0.25, -0.2) is 8.78 Å². The predicted octanol–water partition coefficient (Wildman–Crippen LogP) is 2.25. The van der Waals surface area contributed by atoms with E-state index in [0.717, 1.165) is 6.07 Å².